The molecule has 0 aliphatic heterocycles. The topological polar surface area (TPSA) is 63.8 Å². The van der Waals surface area contributed by atoms with E-state index in [0.717, 1.165) is 28.6 Å². The molecule has 0 bridgehead atoms. The highest BCUT2D eigenvalue weighted by molar-refractivity contribution is 5.56. The van der Waals surface area contributed by atoms with Gasteiger partial charge in [-0.15, -0.1) is 0 Å². The molecule has 0 radical (unpaired) electrons. The Labute approximate surface area is 101 Å². The molecule has 1 aromatic carbocycles. The summed E-state index contributed by atoms with van der Waals surface area (Å²) in [6, 6.07) is 9.92. The summed E-state index contributed by atoms with van der Waals surface area (Å²) < 4.78 is 0. The van der Waals surface area contributed by atoms with E-state index >= 15 is 0 Å². The molecule has 2 rings (SSSR count). The second-order valence-corrected chi connectivity index (χ2v) is 3.97. The minimum absolute atomic E-state index is 0.562. The standard InChI is InChI=1S/C13H16N4/c1-9-7-13(16-10(2)15-9)17-12-5-3-11(8-14)4-6-12/h3-7H,8,14H2,1-2H3,(H,15,16,17). The van der Waals surface area contributed by atoms with Crippen LogP contribution in [0.25, 0.3) is 0 Å². The molecule has 4 heteroatoms. The van der Waals surface area contributed by atoms with E-state index in [1.54, 1.807) is 0 Å². The van der Waals surface area contributed by atoms with Crippen LogP contribution in [0.3, 0.4) is 0 Å². The first-order chi connectivity index (χ1) is 8.17. The zero-order chi connectivity index (χ0) is 12.3. The van der Waals surface area contributed by atoms with Crippen LogP contribution in [0.15, 0.2) is 30.3 Å². The number of nitrogens with one attached hydrogen (secondary N) is 1. The van der Waals surface area contributed by atoms with Crippen molar-refractivity contribution in [3.05, 3.63) is 47.4 Å². The number of nitrogens with zero attached hydrogens (tertiary/aromatic N) is 2. The lowest BCUT2D eigenvalue weighted by molar-refractivity contribution is 1.01. The van der Waals surface area contributed by atoms with Crippen molar-refractivity contribution in [1.82, 2.24) is 9.97 Å². The molecule has 0 fully saturated rings. The van der Waals surface area contributed by atoms with E-state index in [1.165, 1.54) is 0 Å². The van der Waals surface area contributed by atoms with Crippen molar-refractivity contribution in [2.24, 2.45) is 5.73 Å². The summed E-state index contributed by atoms with van der Waals surface area (Å²) in [7, 11) is 0. The highest BCUT2D eigenvalue weighted by Crippen LogP contribution is 2.15. The maximum Gasteiger partial charge on any atom is 0.134 e. The van der Waals surface area contributed by atoms with Crippen molar-refractivity contribution in [2.75, 3.05) is 5.32 Å². The molecule has 0 aliphatic carbocycles. The van der Waals surface area contributed by atoms with Gasteiger partial charge in [-0.25, -0.2) is 9.97 Å². The lowest BCUT2D eigenvalue weighted by Crippen LogP contribution is -1.99. The lowest BCUT2D eigenvalue weighted by atomic mass is 10.2. The fourth-order valence-corrected chi connectivity index (χ4v) is 1.65. The summed E-state index contributed by atoms with van der Waals surface area (Å²) in [6.07, 6.45) is 0. The smallest absolute Gasteiger partial charge is 0.134 e. The number of hydrogen-bond donors (Lipinski definition) is 2. The van der Waals surface area contributed by atoms with Crippen LogP contribution >= 0.6 is 0 Å². The summed E-state index contributed by atoms with van der Waals surface area (Å²) in [5, 5.41) is 3.24. The second kappa shape index (κ2) is 4.93. The van der Waals surface area contributed by atoms with Gasteiger partial charge >= 0.3 is 0 Å². The van der Waals surface area contributed by atoms with E-state index in [-0.39, 0.29) is 0 Å². The fraction of sp³-hybridized carbons (Fsp3) is 0.231. The maximum atomic E-state index is 5.55. The SMILES string of the molecule is Cc1cc(Nc2ccc(CN)cc2)nc(C)n1. The van der Waals surface area contributed by atoms with E-state index < -0.39 is 0 Å². The van der Waals surface area contributed by atoms with Crippen molar-refractivity contribution in [3.8, 4) is 0 Å². The predicted octanol–water partition coefficient (Wildman–Crippen LogP) is 2.30. The molecule has 1 aromatic heterocycles. The van der Waals surface area contributed by atoms with E-state index in [4.69, 9.17) is 5.73 Å². The van der Waals surface area contributed by atoms with Gasteiger partial charge < -0.3 is 11.1 Å². The summed E-state index contributed by atoms with van der Waals surface area (Å²) in [4.78, 5) is 8.56. The Hall–Kier alpha value is -1.94. The van der Waals surface area contributed by atoms with E-state index in [2.05, 4.69) is 15.3 Å². The van der Waals surface area contributed by atoms with Gasteiger partial charge in [0.2, 0.25) is 0 Å². The van der Waals surface area contributed by atoms with E-state index in [0.29, 0.717) is 6.54 Å². The number of anilines is 2. The molecule has 17 heavy (non-hydrogen) atoms. The number of benzene rings is 1. The summed E-state index contributed by atoms with van der Waals surface area (Å²) in [5.74, 6) is 1.58. The number of hydrogen-bond acceptors (Lipinski definition) is 4. The Bertz CT molecular complexity index is 485. The van der Waals surface area contributed by atoms with Gasteiger partial charge in [0.1, 0.15) is 11.6 Å². The highest BCUT2D eigenvalue weighted by Gasteiger charge is 1.99. The van der Waals surface area contributed by atoms with Crippen molar-refractivity contribution in [2.45, 2.75) is 20.4 Å². The van der Waals surface area contributed by atoms with Crippen LogP contribution in [0.4, 0.5) is 11.5 Å². The van der Waals surface area contributed by atoms with Gasteiger partial charge in [-0.05, 0) is 31.5 Å². The van der Waals surface area contributed by atoms with Crippen molar-refractivity contribution >= 4 is 11.5 Å². The summed E-state index contributed by atoms with van der Waals surface area (Å²) in [5.41, 5.74) is 8.62. The Kier molecular flexibility index (Phi) is 3.35. The van der Waals surface area contributed by atoms with Crippen molar-refractivity contribution in [1.29, 1.82) is 0 Å². The molecule has 0 amide bonds. The van der Waals surface area contributed by atoms with Crippen LogP contribution in [-0.2, 0) is 6.54 Å². The first-order valence-corrected chi connectivity index (χ1v) is 5.55. The first kappa shape index (κ1) is 11.5. The number of rotatable bonds is 3. The predicted molar refractivity (Wildman–Crippen MR) is 69.1 cm³/mol. The van der Waals surface area contributed by atoms with Crippen LogP contribution in [0, 0.1) is 13.8 Å². The fourth-order valence-electron chi connectivity index (χ4n) is 1.65. The van der Waals surface area contributed by atoms with Crippen LogP contribution in [0.5, 0.6) is 0 Å². The minimum atomic E-state index is 0.562. The first-order valence-electron chi connectivity index (χ1n) is 5.55. The van der Waals surface area contributed by atoms with Crippen molar-refractivity contribution in [3.63, 3.8) is 0 Å². The Morgan fingerprint density at radius 1 is 1.12 bits per heavy atom. The molecule has 4 nitrogen and oxygen atoms in total. The molecular weight excluding hydrogens is 212 g/mol. The normalized spacial score (nSPS) is 10.3. The summed E-state index contributed by atoms with van der Waals surface area (Å²) >= 11 is 0. The zero-order valence-electron chi connectivity index (χ0n) is 10.1. The number of aromatic nitrogens is 2. The zero-order valence-corrected chi connectivity index (χ0v) is 10.1. The largest absolute Gasteiger partial charge is 0.340 e. The van der Waals surface area contributed by atoms with Crippen LogP contribution < -0.4 is 11.1 Å². The molecule has 1 heterocycles. The third kappa shape index (κ3) is 3.01. The Morgan fingerprint density at radius 2 is 1.82 bits per heavy atom. The van der Waals surface area contributed by atoms with Crippen LogP contribution in [0.1, 0.15) is 17.1 Å². The lowest BCUT2D eigenvalue weighted by Gasteiger charge is -2.07. The third-order valence-electron chi connectivity index (χ3n) is 2.43. The Morgan fingerprint density at radius 3 is 2.41 bits per heavy atom. The number of nitrogens with two attached hydrogens (primary N) is 1. The molecule has 88 valence electrons. The number of aryl methyl sites for hydroxylation is 2. The van der Waals surface area contributed by atoms with E-state index in [9.17, 15) is 0 Å². The van der Waals surface area contributed by atoms with Crippen LogP contribution in [0.2, 0.25) is 0 Å². The summed E-state index contributed by atoms with van der Waals surface area (Å²) in [6.45, 7) is 4.40. The van der Waals surface area contributed by atoms with E-state index in [1.807, 2.05) is 44.2 Å². The molecule has 0 unspecified atom stereocenters. The molecule has 0 saturated heterocycles. The van der Waals surface area contributed by atoms with Gasteiger partial charge in [0, 0.05) is 24.0 Å². The monoisotopic (exact) mass is 228 g/mol. The van der Waals surface area contributed by atoms with Gasteiger partial charge in [-0.3, -0.25) is 0 Å². The molecule has 0 spiro atoms. The molecule has 3 N–H and O–H groups in total. The third-order valence-corrected chi connectivity index (χ3v) is 2.43. The van der Waals surface area contributed by atoms with Gasteiger partial charge in [0.05, 0.1) is 0 Å². The molecular formula is C13H16N4. The molecule has 0 saturated carbocycles. The average Bonchev–Trinajstić information content (AvgIpc) is 2.28. The molecule has 0 atom stereocenters. The maximum absolute atomic E-state index is 5.55. The van der Waals surface area contributed by atoms with Crippen LogP contribution in [-0.4, -0.2) is 9.97 Å². The highest BCUT2D eigenvalue weighted by atomic mass is 15.0. The Balaban J connectivity index is 2.19. The van der Waals surface area contributed by atoms with Gasteiger partial charge in [-0.1, -0.05) is 12.1 Å². The second-order valence-electron chi connectivity index (χ2n) is 3.97. The van der Waals surface area contributed by atoms with Gasteiger partial charge in [0.15, 0.2) is 0 Å². The van der Waals surface area contributed by atoms with Gasteiger partial charge in [0.25, 0.3) is 0 Å². The average molecular weight is 228 g/mol. The van der Waals surface area contributed by atoms with Crippen molar-refractivity contribution < 1.29 is 0 Å². The minimum Gasteiger partial charge on any atom is -0.340 e. The molecule has 2 aromatic rings. The molecule has 0 aliphatic rings. The quantitative estimate of drug-likeness (QED) is 0.846. The van der Waals surface area contributed by atoms with Gasteiger partial charge in [-0.2, -0.15) is 0 Å².